The molecule has 0 saturated carbocycles. The number of hydrogen-bond acceptors (Lipinski definition) is 4. The first-order valence-corrected chi connectivity index (χ1v) is 6.11. The van der Waals surface area contributed by atoms with Gasteiger partial charge in [0.2, 0.25) is 0 Å². The van der Waals surface area contributed by atoms with Crippen molar-refractivity contribution in [3.63, 3.8) is 0 Å². The number of halogens is 3. The van der Waals surface area contributed by atoms with Crippen molar-refractivity contribution in [3.8, 4) is 11.5 Å². The summed E-state index contributed by atoms with van der Waals surface area (Å²) in [7, 11) is 1.35. The lowest BCUT2D eigenvalue weighted by atomic mass is 10.0. The summed E-state index contributed by atoms with van der Waals surface area (Å²) < 4.78 is 32.0. The lowest BCUT2D eigenvalue weighted by Crippen LogP contribution is -2.08. The molecular weight excluding hydrogens is 304 g/mol. The smallest absolute Gasteiger partial charge is 0.168 e. The predicted octanol–water partition coefficient (Wildman–Crippen LogP) is 3.56. The summed E-state index contributed by atoms with van der Waals surface area (Å²) in [5, 5.41) is 21.9. The molecule has 21 heavy (non-hydrogen) atoms. The Labute approximate surface area is 123 Å². The molecule has 7 heteroatoms. The third-order valence-corrected chi connectivity index (χ3v) is 3.23. The monoisotopic (exact) mass is 313 g/mol. The number of phenolic OH excluding ortho intramolecular Hbond substituents is 1. The van der Waals surface area contributed by atoms with Gasteiger partial charge in [0.1, 0.15) is 22.2 Å². The van der Waals surface area contributed by atoms with Crippen LogP contribution in [0.25, 0.3) is 0 Å². The Hall–Kier alpha value is -2.34. The molecule has 4 nitrogen and oxygen atoms in total. The summed E-state index contributed by atoms with van der Waals surface area (Å²) in [6.45, 7) is 0. The number of rotatable bonds is 3. The van der Waals surface area contributed by atoms with Gasteiger partial charge in [0, 0.05) is 11.1 Å². The van der Waals surface area contributed by atoms with Gasteiger partial charge >= 0.3 is 0 Å². The summed E-state index contributed by atoms with van der Waals surface area (Å²) in [5.41, 5.74) is -0.726. The second kappa shape index (κ2) is 5.97. The summed E-state index contributed by atoms with van der Waals surface area (Å²) in [5.74, 6) is -2.58. The molecule has 0 aliphatic heterocycles. The first kappa shape index (κ1) is 15.1. The fourth-order valence-corrected chi connectivity index (χ4v) is 2.08. The maximum atomic E-state index is 13.8. The zero-order valence-corrected chi connectivity index (χ0v) is 11.5. The molecular formula is C14H10ClF2NO3. The Bertz CT molecular complexity index is 720. The number of phenols is 1. The molecule has 2 rings (SSSR count). The van der Waals surface area contributed by atoms with Crippen LogP contribution in [0.1, 0.15) is 11.1 Å². The average molecular weight is 314 g/mol. The van der Waals surface area contributed by atoms with Crippen molar-refractivity contribution in [1.29, 1.82) is 0 Å². The SMILES string of the molecule is COc1ccc(/C(=N\O)c2cccc(F)c2F)c(O)c1Cl. The molecule has 2 aromatic carbocycles. The quantitative estimate of drug-likeness (QED) is 0.517. The predicted molar refractivity (Wildman–Crippen MR) is 73.5 cm³/mol. The van der Waals surface area contributed by atoms with Crippen molar-refractivity contribution < 1.29 is 23.8 Å². The Morgan fingerprint density at radius 2 is 1.90 bits per heavy atom. The molecule has 0 amide bonds. The maximum Gasteiger partial charge on any atom is 0.168 e. The van der Waals surface area contributed by atoms with Gasteiger partial charge in [0.25, 0.3) is 0 Å². The lowest BCUT2D eigenvalue weighted by molar-refractivity contribution is 0.319. The summed E-state index contributed by atoms with van der Waals surface area (Å²) in [4.78, 5) is 0. The van der Waals surface area contributed by atoms with E-state index in [4.69, 9.17) is 21.5 Å². The Kier molecular flexibility index (Phi) is 4.28. The van der Waals surface area contributed by atoms with Crippen molar-refractivity contribution in [3.05, 3.63) is 58.1 Å². The first-order chi connectivity index (χ1) is 10.0. The second-order valence-corrected chi connectivity index (χ2v) is 4.41. The van der Waals surface area contributed by atoms with Gasteiger partial charge in [-0.25, -0.2) is 8.78 Å². The highest BCUT2D eigenvalue weighted by Gasteiger charge is 2.21. The van der Waals surface area contributed by atoms with Crippen LogP contribution in [0.2, 0.25) is 5.02 Å². The number of methoxy groups -OCH3 is 1. The van der Waals surface area contributed by atoms with E-state index in [0.717, 1.165) is 6.07 Å². The molecule has 0 spiro atoms. The molecule has 2 N–H and O–H groups in total. The minimum atomic E-state index is -1.20. The van der Waals surface area contributed by atoms with Gasteiger partial charge in [0.05, 0.1) is 7.11 Å². The third kappa shape index (κ3) is 2.62. The number of ether oxygens (including phenoxy) is 1. The van der Waals surface area contributed by atoms with Crippen molar-refractivity contribution in [2.45, 2.75) is 0 Å². The highest BCUT2D eigenvalue weighted by atomic mass is 35.5. The molecule has 0 saturated heterocycles. The van der Waals surface area contributed by atoms with Gasteiger partial charge in [-0.2, -0.15) is 0 Å². The summed E-state index contributed by atoms with van der Waals surface area (Å²) >= 11 is 5.88. The van der Waals surface area contributed by atoms with Crippen LogP contribution in [-0.4, -0.2) is 23.1 Å². The number of aromatic hydroxyl groups is 1. The van der Waals surface area contributed by atoms with Gasteiger partial charge in [-0.3, -0.25) is 0 Å². The van der Waals surface area contributed by atoms with Crippen LogP contribution in [-0.2, 0) is 0 Å². The van der Waals surface area contributed by atoms with Crippen LogP contribution < -0.4 is 4.74 Å². The van der Waals surface area contributed by atoms with Crippen LogP contribution >= 0.6 is 11.6 Å². The van der Waals surface area contributed by atoms with Crippen LogP contribution in [0.5, 0.6) is 11.5 Å². The number of nitrogens with zero attached hydrogens (tertiary/aromatic N) is 1. The Morgan fingerprint density at radius 3 is 2.52 bits per heavy atom. The minimum Gasteiger partial charge on any atom is -0.506 e. The van der Waals surface area contributed by atoms with Crippen molar-refractivity contribution in [2.75, 3.05) is 7.11 Å². The van der Waals surface area contributed by atoms with Crippen LogP contribution in [0, 0.1) is 11.6 Å². The van der Waals surface area contributed by atoms with E-state index in [0.29, 0.717) is 0 Å². The van der Waals surface area contributed by atoms with Crippen molar-refractivity contribution in [2.24, 2.45) is 5.16 Å². The van der Waals surface area contributed by atoms with Crippen molar-refractivity contribution >= 4 is 17.3 Å². The molecule has 0 fully saturated rings. The van der Waals surface area contributed by atoms with Gasteiger partial charge < -0.3 is 15.1 Å². The van der Waals surface area contributed by atoms with Crippen LogP contribution in [0.15, 0.2) is 35.5 Å². The molecule has 0 aliphatic rings. The van der Waals surface area contributed by atoms with Gasteiger partial charge in [-0.15, -0.1) is 0 Å². The zero-order valence-electron chi connectivity index (χ0n) is 10.8. The maximum absolute atomic E-state index is 13.8. The number of oxime groups is 1. The largest absolute Gasteiger partial charge is 0.506 e. The van der Waals surface area contributed by atoms with E-state index in [1.807, 2.05) is 0 Å². The third-order valence-electron chi connectivity index (χ3n) is 2.86. The number of hydrogen-bond donors (Lipinski definition) is 2. The van der Waals surface area contributed by atoms with E-state index >= 15 is 0 Å². The fraction of sp³-hybridized carbons (Fsp3) is 0.0714. The highest BCUT2D eigenvalue weighted by Crippen LogP contribution is 2.37. The first-order valence-electron chi connectivity index (χ1n) is 5.73. The van der Waals surface area contributed by atoms with E-state index in [1.54, 1.807) is 0 Å². The lowest BCUT2D eigenvalue weighted by Gasteiger charge is -2.11. The summed E-state index contributed by atoms with van der Waals surface area (Å²) in [6, 6.07) is 6.11. The summed E-state index contributed by atoms with van der Waals surface area (Å²) in [6.07, 6.45) is 0. The van der Waals surface area contributed by atoms with Gasteiger partial charge in [0.15, 0.2) is 11.6 Å². The molecule has 0 heterocycles. The second-order valence-electron chi connectivity index (χ2n) is 4.03. The molecule has 0 aliphatic carbocycles. The van der Waals surface area contributed by atoms with Crippen LogP contribution in [0.3, 0.4) is 0 Å². The van der Waals surface area contributed by atoms with E-state index in [9.17, 15) is 13.9 Å². The molecule has 2 aromatic rings. The molecule has 0 unspecified atom stereocenters. The van der Waals surface area contributed by atoms with Gasteiger partial charge in [-0.05, 0) is 24.3 Å². The van der Waals surface area contributed by atoms with Crippen molar-refractivity contribution in [1.82, 2.24) is 0 Å². The molecule has 0 radical (unpaired) electrons. The molecule has 0 bridgehead atoms. The Balaban J connectivity index is 2.64. The van der Waals surface area contributed by atoms with E-state index < -0.39 is 17.4 Å². The zero-order chi connectivity index (χ0) is 15.6. The molecule has 110 valence electrons. The molecule has 0 aromatic heterocycles. The Morgan fingerprint density at radius 1 is 1.19 bits per heavy atom. The van der Waals surface area contributed by atoms with Crippen LogP contribution in [0.4, 0.5) is 8.78 Å². The topological polar surface area (TPSA) is 62.0 Å². The standard InChI is InChI=1S/C14H10ClF2NO3/c1-21-10-6-5-8(14(19)11(10)15)13(18-20)7-3-2-4-9(16)12(7)17/h2-6,19-20H,1H3/b18-13-. The molecule has 0 atom stereocenters. The average Bonchev–Trinajstić information content (AvgIpc) is 2.48. The van der Waals surface area contributed by atoms with Gasteiger partial charge in [-0.1, -0.05) is 22.8 Å². The number of benzene rings is 2. The van der Waals surface area contributed by atoms with E-state index in [-0.39, 0.29) is 27.6 Å². The highest BCUT2D eigenvalue weighted by molar-refractivity contribution is 6.34. The normalized spacial score (nSPS) is 11.5. The van der Waals surface area contributed by atoms with E-state index in [1.165, 1.54) is 31.4 Å². The van der Waals surface area contributed by atoms with E-state index in [2.05, 4.69) is 5.16 Å². The minimum absolute atomic E-state index is 0.0622. The fourth-order valence-electron chi connectivity index (χ4n) is 1.83.